The number of fused-ring (bicyclic) bond motifs is 1. The van der Waals surface area contributed by atoms with E-state index >= 15 is 0 Å². The molecule has 1 unspecified atom stereocenters. The van der Waals surface area contributed by atoms with Crippen LogP contribution in [0.2, 0.25) is 0 Å². The number of amides is 3. The first kappa shape index (κ1) is 17.1. The van der Waals surface area contributed by atoms with Gasteiger partial charge in [-0.3, -0.25) is 9.69 Å². The maximum Gasteiger partial charge on any atom is 0.328 e. The van der Waals surface area contributed by atoms with Gasteiger partial charge in [0.25, 0.3) is 0 Å². The number of hydrogen-bond acceptors (Lipinski definition) is 5. The molecule has 0 aliphatic carbocycles. The van der Waals surface area contributed by atoms with E-state index in [4.69, 9.17) is 4.74 Å². The number of ether oxygens (including phenoxy) is 1. The minimum atomic E-state index is -0.739. The number of methoxy groups -OCH3 is 1. The summed E-state index contributed by atoms with van der Waals surface area (Å²) in [4.78, 5) is 37.4. The fourth-order valence-electron chi connectivity index (χ4n) is 2.27. The molecule has 0 spiro atoms. The van der Waals surface area contributed by atoms with E-state index in [-0.39, 0.29) is 12.5 Å². The minimum Gasteiger partial charge on any atom is -0.467 e. The van der Waals surface area contributed by atoms with Gasteiger partial charge in [0.05, 0.1) is 18.5 Å². The van der Waals surface area contributed by atoms with E-state index in [0.29, 0.717) is 23.5 Å². The van der Waals surface area contributed by atoms with Gasteiger partial charge in [-0.15, -0.1) is 0 Å². The van der Waals surface area contributed by atoms with Crippen molar-refractivity contribution in [1.82, 2.24) is 5.32 Å². The van der Waals surface area contributed by atoms with E-state index in [0.717, 1.165) is 0 Å². The zero-order valence-electron chi connectivity index (χ0n) is 13.0. The summed E-state index contributed by atoms with van der Waals surface area (Å²) in [5.74, 6) is -0.0726. The molecule has 2 N–H and O–H groups in total. The molecule has 1 aliphatic heterocycles. The number of carbonyl (C=O) groups excluding carboxylic acids is 3. The van der Waals surface area contributed by atoms with Crippen molar-refractivity contribution in [3.63, 3.8) is 0 Å². The number of thioether (sulfide) groups is 1. The highest BCUT2D eigenvalue weighted by Gasteiger charge is 2.29. The first-order valence-corrected chi connectivity index (χ1v) is 8.50. The number of para-hydroxylation sites is 2. The third-order valence-corrected chi connectivity index (χ3v) is 4.05. The van der Waals surface area contributed by atoms with Gasteiger partial charge in [-0.2, -0.15) is 11.8 Å². The Kier molecular flexibility index (Phi) is 5.86. The van der Waals surface area contributed by atoms with Crippen LogP contribution in [-0.2, 0) is 14.3 Å². The van der Waals surface area contributed by atoms with Gasteiger partial charge in [-0.25, -0.2) is 9.59 Å². The second-order valence-electron chi connectivity index (χ2n) is 4.96. The SMILES string of the molecule is COC(=O)C(CCSC)NC(=O)N1CC(=O)Nc2ccccc21. The smallest absolute Gasteiger partial charge is 0.328 e. The molecule has 8 heteroatoms. The first-order chi connectivity index (χ1) is 11.1. The van der Waals surface area contributed by atoms with E-state index in [9.17, 15) is 14.4 Å². The molecular weight excluding hydrogens is 318 g/mol. The largest absolute Gasteiger partial charge is 0.467 e. The number of urea groups is 1. The highest BCUT2D eigenvalue weighted by atomic mass is 32.2. The summed E-state index contributed by atoms with van der Waals surface area (Å²) < 4.78 is 4.73. The molecule has 124 valence electrons. The predicted molar refractivity (Wildman–Crippen MR) is 89.8 cm³/mol. The fraction of sp³-hybridized carbons (Fsp3) is 0.400. The van der Waals surface area contributed by atoms with Crippen molar-refractivity contribution in [2.45, 2.75) is 12.5 Å². The summed E-state index contributed by atoms with van der Waals surface area (Å²) in [5.41, 5.74) is 1.16. The molecule has 3 amide bonds. The maximum absolute atomic E-state index is 12.5. The van der Waals surface area contributed by atoms with Crippen LogP contribution < -0.4 is 15.5 Å². The first-order valence-electron chi connectivity index (χ1n) is 7.10. The van der Waals surface area contributed by atoms with E-state index < -0.39 is 18.0 Å². The summed E-state index contributed by atoms with van der Waals surface area (Å²) in [6, 6.07) is 5.78. The van der Waals surface area contributed by atoms with Crippen LogP contribution in [0.25, 0.3) is 0 Å². The molecule has 0 bridgehead atoms. The molecule has 0 saturated heterocycles. The average Bonchev–Trinajstić information content (AvgIpc) is 2.56. The van der Waals surface area contributed by atoms with E-state index in [1.807, 2.05) is 6.26 Å². The van der Waals surface area contributed by atoms with Crippen molar-refractivity contribution >= 4 is 41.0 Å². The van der Waals surface area contributed by atoms with E-state index in [2.05, 4.69) is 10.6 Å². The van der Waals surface area contributed by atoms with Crippen LogP contribution in [0.4, 0.5) is 16.2 Å². The van der Waals surface area contributed by atoms with Crippen LogP contribution in [0, 0.1) is 0 Å². The van der Waals surface area contributed by atoms with Crippen molar-refractivity contribution < 1.29 is 19.1 Å². The van der Waals surface area contributed by atoms with Crippen molar-refractivity contribution in [2.75, 3.05) is 35.9 Å². The van der Waals surface area contributed by atoms with Gasteiger partial charge in [-0.05, 0) is 30.6 Å². The molecule has 1 heterocycles. The highest BCUT2D eigenvalue weighted by molar-refractivity contribution is 7.98. The van der Waals surface area contributed by atoms with Crippen LogP contribution in [0.5, 0.6) is 0 Å². The van der Waals surface area contributed by atoms with Crippen molar-refractivity contribution in [3.8, 4) is 0 Å². The third kappa shape index (κ3) is 4.16. The Labute approximate surface area is 138 Å². The molecule has 23 heavy (non-hydrogen) atoms. The van der Waals surface area contributed by atoms with Gasteiger partial charge in [0, 0.05) is 0 Å². The van der Waals surface area contributed by atoms with Crippen LogP contribution in [-0.4, -0.2) is 49.6 Å². The molecule has 0 radical (unpaired) electrons. The Morgan fingerprint density at radius 2 is 2.17 bits per heavy atom. The fourth-order valence-corrected chi connectivity index (χ4v) is 2.74. The highest BCUT2D eigenvalue weighted by Crippen LogP contribution is 2.28. The molecule has 1 aromatic rings. The number of nitrogens with zero attached hydrogens (tertiary/aromatic N) is 1. The number of carbonyl (C=O) groups is 3. The summed E-state index contributed by atoms with van der Waals surface area (Å²) in [6.45, 7) is -0.0979. The Bertz CT molecular complexity index is 608. The van der Waals surface area contributed by atoms with Gasteiger partial charge >= 0.3 is 12.0 Å². The number of esters is 1. The van der Waals surface area contributed by atoms with Gasteiger partial charge in [0.15, 0.2) is 0 Å². The second kappa shape index (κ2) is 7.87. The molecule has 1 atom stereocenters. The molecule has 0 aromatic heterocycles. The monoisotopic (exact) mass is 337 g/mol. The summed E-state index contributed by atoms with van der Waals surface area (Å²) in [7, 11) is 1.28. The van der Waals surface area contributed by atoms with Gasteiger partial charge in [0.2, 0.25) is 5.91 Å². The Balaban J connectivity index is 2.15. The topological polar surface area (TPSA) is 87.7 Å². The van der Waals surface area contributed by atoms with Gasteiger partial charge in [0.1, 0.15) is 12.6 Å². The summed E-state index contributed by atoms with van der Waals surface area (Å²) >= 11 is 1.57. The molecule has 2 rings (SSSR count). The van der Waals surface area contributed by atoms with Gasteiger partial charge in [-0.1, -0.05) is 12.1 Å². The lowest BCUT2D eigenvalue weighted by Crippen LogP contribution is -2.52. The number of benzene rings is 1. The molecule has 1 aromatic carbocycles. The van der Waals surface area contributed by atoms with E-state index in [1.165, 1.54) is 12.0 Å². The Hall–Kier alpha value is -2.22. The van der Waals surface area contributed by atoms with Crippen LogP contribution >= 0.6 is 11.8 Å². The van der Waals surface area contributed by atoms with Crippen molar-refractivity contribution in [2.24, 2.45) is 0 Å². The molecule has 0 saturated carbocycles. The number of hydrogen-bond donors (Lipinski definition) is 2. The van der Waals surface area contributed by atoms with Crippen LogP contribution in [0.3, 0.4) is 0 Å². The van der Waals surface area contributed by atoms with Crippen molar-refractivity contribution in [3.05, 3.63) is 24.3 Å². The van der Waals surface area contributed by atoms with Crippen LogP contribution in [0.1, 0.15) is 6.42 Å². The number of nitrogens with one attached hydrogen (secondary N) is 2. The zero-order valence-corrected chi connectivity index (χ0v) is 13.8. The maximum atomic E-state index is 12.5. The number of rotatable bonds is 5. The van der Waals surface area contributed by atoms with Gasteiger partial charge < -0.3 is 15.4 Å². The lowest BCUT2D eigenvalue weighted by molar-refractivity contribution is -0.142. The molecular formula is C15H19N3O4S. The molecule has 0 fully saturated rings. The minimum absolute atomic E-state index is 0.0979. The third-order valence-electron chi connectivity index (χ3n) is 3.41. The lowest BCUT2D eigenvalue weighted by atomic mass is 10.2. The average molecular weight is 337 g/mol. The second-order valence-corrected chi connectivity index (χ2v) is 5.94. The predicted octanol–water partition coefficient (Wildman–Crippen LogP) is 1.45. The Morgan fingerprint density at radius 3 is 2.87 bits per heavy atom. The molecule has 7 nitrogen and oxygen atoms in total. The zero-order chi connectivity index (χ0) is 16.8. The Morgan fingerprint density at radius 1 is 1.43 bits per heavy atom. The number of anilines is 2. The summed E-state index contributed by atoms with van der Waals surface area (Å²) in [5, 5.41) is 5.36. The van der Waals surface area contributed by atoms with E-state index in [1.54, 1.807) is 36.0 Å². The lowest BCUT2D eigenvalue weighted by Gasteiger charge is -2.30. The molecule has 1 aliphatic rings. The van der Waals surface area contributed by atoms with Crippen molar-refractivity contribution in [1.29, 1.82) is 0 Å². The van der Waals surface area contributed by atoms with Crippen LogP contribution in [0.15, 0.2) is 24.3 Å². The quantitative estimate of drug-likeness (QED) is 0.794. The normalized spacial score (nSPS) is 14.5. The standard InChI is InChI=1S/C15H19N3O4S/c1-22-14(20)11(7-8-23-2)17-15(21)18-9-13(19)16-10-5-3-4-6-12(10)18/h3-6,11H,7-9H2,1-2H3,(H,16,19)(H,17,21). The summed E-state index contributed by atoms with van der Waals surface area (Å²) in [6.07, 6.45) is 2.38.